The summed E-state index contributed by atoms with van der Waals surface area (Å²) in [5.74, 6) is -0.418. The van der Waals surface area contributed by atoms with Crippen LogP contribution in [0.1, 0.15) is 23.0 Å². The van der Waals surface area contributed by atoms with Gasteiger partial charge in [-0.1, -0.05) is 48.5 Å². The Hall–Kier alpha value is -4.19. The lowest BCUT2D eigenvalue weighted by molar-refractivity contribution is 0.0526. The maximum atomic E-state index is 12.8. The molecule has 32 heavy (non-hydrogen) atoms. The highest BCUT2D eigenvalue weighted by Crippen LogP contribution is 2.35. The van der Waals surface area contributed by atoms with Gasteiger partial charge in [0.25, 0.3) is 0 Å². The molecule has 0 atom stereocenters. The molecule has 0 fully saturated rings. The van der Waals surface area contributed by atoms with E-state index in [-0.39, 0.29) is 12.6 Å². The average molecular weight is 425 g/mol. The van der Waals surface area contributed by atoms with Crippen molar-refractivity contribution in [1.82, 2.24) is 4.98 Å². The number of nitrogens with one attached hydrogen (secondary N) is 2. The van der Waals surface area contributed by atoms with E-state index in [1.165, 1.54) is 0 Å². The second-order valence-electron chi connectivity index (χ2n) is 7.21. The van der Waals surface area contributed by atoms with E-state index in [4.69, 9.17) is 4.74 Å². The van der Waals surface area contributed by atoms with E-state index in [0.717, 1.165) is 22.0 Å². The largest absolute Gasteiger partial charge is 0.462 e. The summed E-state index contributed by atoms with van der Waals surface area (Å²) in [5.41, 5.74) is 4.63. The first-order valence-electron chi connectivity index (χ1n) is 10.4. The van der Waals surface area contributed by atoms with Crippen LogP contribution in [0.25, 0.3) is 22.0 Å². The molecule has 1 aromatic heterocycles. The van der Waals surface area contributed by atoms with Crippen LogP contribution >= 0.6 is 0 Å². The van der Waals surface area contributed by atoms with E-state index < -0.39 is 5.97 Å². The summed E-state index contributed by atoms with van der Waals surface area (Å²) >= 11 is 0. The number of esters is 1. The zero-order valence-electron chi connectivity index (χ0n) is 17.9. The number of para-hydroxylation sites is 1. The van der Waals surface area contributed by atoms with E-state index in [2.05, 4.69) is 15.6 Å². The summed E-state index contributed by atoms with van der Waals surface area (Å²) in [6.45, 7) is 3.85. The zero-order chi connectivity index (χ0) is 22.5. The number of aromatic nitrogens is 1. The van der Waals surface area contributed by atoms with Crippen LogP contribution in [0, 0.1) is 6.92 Å². The number of anilines is 2. The van der Waals surface area contributed by atoms with Gasteiger partial charge < -0.3 is 15.4 Å². The number of benzene rings is 3. The van der Waals surface area contributed by atoms with Crippen molar-refractivity contribution in [2.75, 3.05) is 17.2 Å². The van der Waals surface area contributed by atoms with E-state index in [1.54, 1.807) is 19.9 Å². The number of carbonyl (C=O) groups is 2. The van der Waals surface area contributed by atoms with Crippen molar-refractivity contribution >= 4 is 34.3 Å². The number of ether oxygens (including phenoxy) is 1. The van der Waals surface area contributed by atoms with Crippen molar-refractivity contribution in [3.63, 3.8) is 0 Å². The molecule has 0 aliphatic rings. The summed E-state index contributed by atoms with van der Waals surface area (Å²) in [6.07, 6.45) is 0. The Morgan fingerprint density at radius 2 is 1.53 bits per heavy atom. The molecule has 0 bridgehead atoms. The van der Waals surface area contributed by atoms with E-state index in [0.29, 0.717) is 22.6 Å². The predicted molar refractivity (Wildman–Crippen MR) is 127 cm³/mol. The molecule has 2 N–H and O–H groups in total. The molecule has 4 rings (SSSR count). The molecule has 0 unspecified atom stereocenters. The Morgan fingerprint density at radius 1 is 0.875 bits per heavy atom. The maximum absolute atomic E-state index is 12.8. The number of fused-ring (bicyclic) bond motifs is 1. The van der Waals surface area contributed by atoms with Crippen LogP contribution in [0.4, 0.5) is 16.2 Å². The first-order valence-corrected chi connectivity index (χ1v) is 10.4. The fraction of sp³-hybridized carbons (Fsp3) is 0.115. The third kappa shape index (κ3) is 4.44. The van der Waals surface area contributed by atoms with Gasteiger partial charge in [-0.3, -0.25) is 4.98 Å². The molecule has 4 aromatic rings. The van der Waals surface area contributed by atoms with Crippen LogP contribution in [-0.2, 0) is 4.74 Å². The summed E-state index contributed by atoms with van der Waals surface area (Å²) in [5, 5.41) is 6.41. The Bertz CT molecular complexity index is 1270. The summed E-state index contributed by atoms with van der Waals surface area (Å²) in [7, 11) is 0. The Labute approximate surface area is 186 Å². The predicted octanol–water partition coefficient (Wildman–Crippen LogP) is 6.03. The molecule has 1 heterocycles. The number of aryl methyl sites for hydroxylation is 1. The molecular weight excluding hydrogens is 402 g/mol. The van der Waals surface area contributed by atoms with Gasteiger partial charge in [0.15, 0.2) is 0 Å². The topological polar surface area (TPSA) is 80.3 Å². The van der Waals surface area contributed by atoms with Crippen LogP contribution in [0.5, 0.6) is 0 Å². The Kier molecular flexibility index (Phi) is 6.12. The molecule has 0 spiro atoms. The van der Waals surface area contributed by atoms with Gasteiger partial charge in [0.05, 0.1) is 23.4 Å². The van der Waals surface area contributed by atoms with Gasteiger partial charge in [0, 0.05) is 22.3 Å². The number of carbonyl (C=O) groups excluding carboxylic acids is 2. The van der Waals surface area contributed by atoms with Crippen LogP contribution < -0.4 is 10.6 Å². The second kappa shape index (κ2) is 9.31. The zero-order valence-corrected chi connectivity index (χ0v) is 17.9. The number of nitrogens with zero attached hydrogens (tertiary/aromatic N) is 1. The van der Waals surface area contributed by atoms with Crippen molar-refractivity contribution in [2.24, 2.45) is 0 Å². The van der Waals surface area contributed by atoms with Gasteiger partial charge in [0.1, 0.15) is 0 Å². The van der Waals surface area contributed by atoms with E-state index in [9.17, 15) is 9.59 Å². The number of hydrogen-bond donors (Lipinski definition) is 2. The van der Waals surface area contributed by atoms with Gasteiger partial charge in [-0.05, 0) is 49.7 Å². The fourth-order valence-electron chi connectivity index (χ4n) is 3.64. The number of urea groups is 1. The van der Waals surface area contributed by atoms with Gasteiger partial charge in [0.2, 0.25) is 0 Å². The maximum Gasteiger partial charge on any atom is 0.340 e. The average Bonchev–Trinajstić information content (AvgIpc) is 2.79. The highest BCUT2D eigenvalue weighted by Gasteiger charge is 2.21. The summed E-state index contributed by atoms with van der Waals surface area (Å²) < 4.78 is 5.32. The van der Waals surface area contributed by atoms with Gasteiger partial charge >= 0.3 is 12.0 Å². The monoisotopic (exact) mass is 425 g/mol. The third-order valence-electron chi connectivity index (χ3n) is 5.00. The first-order chi connectivity index (χ1) is 15.6. The van der Waals surface area contributed by atoms with Crippen molar-refractivity contribution in [2.45, 2.75) is 13.8 Å². The molecule has 0 aliphatic carbocycles. The van der Waals surface area contributed by atoms with Crippen LogP contribution in [0.15, 0.2) is 78.9 Å². The van der Waals surface area contributed by atoms with Crippen molar-refractivity contribution in [1.29, 1.82) is 0 Å². The Balaban J connectivity index is 1.79. The standard InChI is InChI=1S/C26H23N3O3/c1-3-32-25(30)23-17(2)27-22-15-14-20(29-26(31)28-19-12-8-5-9-13-19)16-21(22)24(23)18-10-6-4-7-11-18/h4-16H,3H2,1-2H3,(H2,28,29,31). The molecule has 3 aromatic carbocycles. The quantitative estimate of drug-likeness (QED) is 0.383. The first kappa shape index (κ1) is 21.1. The lowest BCUT2D eigenvalue weighted by Gasteiger charge is -2.16. The van der Waals surface area contributed by atoms with Gasteiger partial charge in [-0.25, -0.2) is 9.59 Å². The molecule has 0 aliphatic heterocycles. The van der Waals surface area contributed by atoms with Gasteiger partial charge in [-0.2, -0.15) is 0 Å². The second-order valence-corrected chi connectivity index (χ2v) is 7.21. The van der Waals surface area contributed by atoms with Gasteiger partial charge in [-0.15, -0.1) is 0 Å². The molecule has 0 saturated carbocycles. The van der Waals surface area contributed by atoms with Crippen LogP contribution in [-0.4, -0.2) is 23.6 Å². The minimum absolute atomic E-state index is 0.270. The molecule has 6 nitrogen and oxygen atoms in total. The number of amides is 2. The number of rotatable bonds is 5. The molecule has 160 valence electrons. The molecule has 0 saturated heterocycles. The summed E-state index contributed by atoms with van der Waals surface area (Å²) in [6, 6.07) is 23.9. The SMILES string of the molecule is CCOC(=O)c1c(C)nc2ccc(NC(=O)Nc3ccccc3)cc2c1-c1ccccc1. The lowest BCUT2D eigenvalue weighted by Crippen LogP contribution is -2.19. The normalized spacial score (nSPS) is 10.6. The third-order valence-corrected chi connectivity index (χ3v) is 5.00. The Morgan fingerprint density at radius 3 is 2.22 bits per heavy atom. The number of hydrogen-bond acceptors (Lipinski definition) is 4. The highest BCUT2D eigenvalue weighted by molar-refractivity contribution is 6.09. The fourth-order valence-corrected chi connectivity index (χ4v) is 3.64. The van der Waals surface area contributed by atoms with Crippen LogP contribution in [0.2, 0.25) is 0 Å². The minimum Gasteiger partial charge on any atom is -0.462 e. The smallest absolute Gasteiger partial charge is 0.340 e. The molecule has 6 heteroatoms. The summed E-state index contributed by atoms with van der Waals surface area (Å²) in [4.78, 5) is 29.9. The van der Waals surface area contributed by atoms with Crippen LogP contribution in [0.3, 0.4) is 0 Å². The lowest BCUT2D eigenvalue weighted by atomic mass is 9.94. The highest BCUT2D eigenvalue weighted by atomic mass is 16.5. The van der Waals surface area contributed by atoms with Crippen molar-refractivity contribution < 1.29 is 14.3 Å². The van der Waals surface area contributed by atoms with Crippen molar-refractivity contribution in [3.05, 3.63) is 90.1 Å². The molecule has 2 amide bonds. The van der Waals surface area contributed by atoms with E-state index in [1.807, 2.05) is 72.8 Å². The molecular formula is C26H23N3O3. The van der Waals surface area contributed by atoms with Crippen molar-refractivity contribution in [3.8, 4) is 11.1 Å². The minimum atomic E-state index is -0.418. The van der Waals surface area contributed by atoms with E-state index >= 15 is 0 Å². The number of pyridine rings is 1. The molecule has 0 radical (unpaired) electrons.